The van der Waals surface area contributed by atoms with Gasteiger partial charge in [-0.2, -0.15) is 0 Å². The van der Waals surface area contributed by atoms with Crippen molar-refractivity contribution in [1.82, 2.24) is 15.0 Å². The third-order valence-corrected chi connectivity index (χ3v) is 7.35. The summed E-state index contributed by atoms with van der Waals surface area (Å²) >= 11 is 1.65. The van der Waals surface area contributed by atoms with Crippen LogP contribution in [0.1, 0.15) is 51.2 Å². The number of rotatable bonds is 5. The molecule has 2 aliphatic rings. The van der Waals surface area contributed by atoms with Crippen LogP contribution < -0.4 is 10.2 Å². The summed E-state index contributed by atoms with van der Waals surface area (Å²) in [6, 6.07) is -0.0253. The Bertz CT molecular complexity index is 1090. The van der Waals surface area contributed by atoms with E-state index in [1.807, 2.05) is 0 Å². The largest absolute Gasteiger partial charge is 0.394 e. The molecule has 7 nitrogen and oxygen atoms in total. The molecule has 0 aromatic carbocycles. The van der Waals surface area contributed by atoms with Crippen molar-refractivity contribution in [2.75, 3.05) is 29.9 Å². The van der Waals surface area contributed by atoms with Crippen LogP contribution in [0.5, 0.6) is 0 Å². The van der Waals surface area contributed by atoms with Gasteiger partial charge in [-0.15, -0.1) is 11.3 Å². The van der Waals surface area contributed by atoms with Gasteiger partial charge in [0, 0.05) is 30.5 Å². The first-order valence-electron chi connectivity index (χ1n) is 10.9. The van der Waals surface area contributed by atoms with Gasteiger partial charge in [-0.3, -0.25) is 0 Å². The minimum atomic E-state index is -0.212. The SMILES string of the molecule is CCC(CO)Nc1ncnc2c1sc1nc(N3CCCC3)c3c(c12)CC(C)(C)OC3. The van der Waals surface area contributed by atoms with Gasteiger partial charge in [0.25, 0.3) is 0 Å². The average molecular weight is 428 g/mol. The summed E-state index contributed by atoms with van der Waals surface area (Å²) in [5.74, 6) is 1.87. The summed E-state index contributed by atoms with van der Waals surface area (Å²) in [5, 5.41) is 14.2. The predicted molar refractivity (Wildman–Crippen MR) is 122 cm³/mol. The molecule has 0 bridgehead atoms. The third kappa shape index (κ3) is 3.31. The molecular formula is C22H29N5O2S. The molecule has 8 heteroatoms. The maximum Gasteiger partial charge on any atom is 0.147 e. The van der Waals surface area contributed by atoms with E-state index in [0.717, 1.165) is 58.0 Å². The van der Waals surface area contributed by atoms with Gasteiger partial charge in [-0.05, 0) is 38.7 Å². The van der Waals surface area contributed by atoms with Crippen LogP contribution in [0.15, 0.2) is 6.33 Å². The van der Waals surface area contributed by atoms with Crippen LogP contribution in [0.4, 0.5) is 11.6 Å². The predicted octanol–water partition coefficient (Wildman–Crippen LogP) is 3.87. The molecule has 3 aromatic rings. The van der Waals surface area contributed by atoms with Crippen LogP contribution in [-0.4, -0.2) is 51.4 Å². The van der Waals surface area contributed by atoms with E-state index in [1.165, 1.54) is 24.0 Å². The first-order chi connectivity index (χ1) is 14.5. The molecule has 0 spiro atoms. The minimum absolute atomic E-state index is 0.0253. The molecule has 1 atom stereocenters. The quantitative estimate of drug-likeness (QED) is 0.639. The Labute approximate surface area is 180 Å². The van der Waals surface area contributed by atoms with Gasteiger partial charge in [0.05, 0.1) is 35.1 Å². The number of fused-ring (bicyclic) bond motifs is 5. The van der Waals surface area contributed by atoms with Gasteiger partial charge in [0.2, 0.25) is 0 Å². The first-order valence-corrected chi connectivity index (χ1v) is 11.7. The van der Waals surface area contributed by atoms with Gasteiger partial charge in [0.15, 0.2) is 0 Å². The maximum absolute atomic E-state index is 9.64. The Morgan fingerprint density at radius 1 is 1.27 bits per heavy atom. The number of nitrogens with zero attached hydrogens (tertiary/aromatic N) is 4. The smallest absolute Gasteiger partial charge is 0.147 e. The molecule has 30 heavy (non-hydrogen) atoms. The number of hydrogen-bond donors (Lipinski definition) is 2. The Kier molecular flexibility index (Phi) is 5.03. The average Bonchev–Trinajstić information content (AvgIpc) is 3.38. The number of aliphatic hydroxyl groups is 1. The Morgan fingerprint density at radius 2 is 2.07 bits per heavy atom. The molecule has 0 saturated carbocycles. The van der Waals surface area contributed by atoms with E-state index in [1.54, 1.807) is 17.7 Å². The molecule has 0 amide bonds. The zero-order chi connectivity index (χ0) is 20.9. The lowest BCUT2D eigenvalue weighted by Crippen LogP contribution is -2.33. The van der Waals surface area contributed by atoms with E-state index in [2.05, 4.69) is 41.0 Å². The Morgan fingerprint density at radius 3 is 2.80 bits per heavy atom. The van der Waals surface area contributed by atoms with E-state index >= 15 is 0 Å². The van der Waals surface area contributed by atoms with Crippen molar-refractivity contribution < 1.29 is 9.84 Å². The van der Waals surface area contributed by atoms with E-state index in [0.29, 0.717) is 6.61 Å². The topological polar surface area (TPSA) is 83.4 Å². The number of thiophene rings is 1. The zero-order valence-electron chi connectivity index (χ0n) is 17.9. The molecule has 2 N–H and O–H groups in total. The number of ether oxygens (including phenoxy) is 1. The highest BCUT2D eigenvalue weighted by Crippen LogP contribution is 2.44. The summed E-state index contributed by atoms with van der Waals surface area (Å²) in [7, 11) is 0. The lowest BCUT2D eigenvalue weighted by molar-refractivity contribution is -0.0395. The van der Waals surface area contributed by atoms with Crippen LogP contribution in [0.3, 0.4) is 0 Å². The normalized spacial score (nSPS) is 19.4. The van der Waals surface area contributed by atoms with Crippen molar-refractivity contribution >= 4 is 43.4 Å². The first kappa shape index (κ1) is 19.9. The summed E-state index contributed by atoms with van der Waals surface area (Å²) in [4.78, 5) is 17.7. The van der Waals surface area contributed by atoms with Crippen LogP contribution >= 0.6 is 11.3 Å². The fourth-order valence-electron chi connectivity index (χ4n) is 4.55. The minimum Gasteiger partial charge on any atom is -0.394 e. The van der Waals surface area contributed by atoms with E-state index in [4.69, 9.17) is 9.72 Å². The number of aromatic nitrogens is 3. The van der Waals surface area contributed by atoms with Crippen molar-refractivity contribution in [2.45, 2.75) is 64.7 Å². The molecule has 0 radical (unpaired) electrons. The highest BCUT2D eigenvalue weighted by Gasteiger charge is 2.33. The summed E-state index contributed by atoms with van der Waals surface area (Å²) in [6.45, 7) is 9.14. The fraction of sp³-hybridized carbons (Fsp3) is 0.591. The zero-order valence-corrected chi connectivity index (χ0v) is 18.7. The van der Waals surface area contributed by atoms with E-state index in [-0.39, 0.29) is 18.2 Å². The molecule has 5 rings (SSSR count). The molecule has 3 aromatic heterocycles. The fourth-order valence-corrected chi connectivity index (χ4v) is 5.66. The Hall–Kier alpha value is -2.03. The second-order valence-electron chi connectivity index (χ2n) is 8.93. The molecule has 160 valence electrons. The maximum atomic E-state index is 9.64. The highest BCUT2D eigenvalue weighted by atomic mass is 32.1. The lowest BCUT2D eigenvalue weighted by Gasteiger charge is -2.34. The number of hydrogen-bond acceptors (Lipinski definition) is 8. The van der Waals surface area contributed by atoms with Gasteiger partial charge < -0.3 is 20.1 Å². The molecular weight excluding hydrogens is 398 g/mol. The number of nitrogens with one attached hydrogen (secondary N) is 1. The second kappa shape index (κ2) is 7.59. The number of anilines is 2. The number of aliphatic hydroxyl groups excluding tert-OH is 1. The second-order valence-corrected chi connectivity index (χ2v) is 9.93. The molecule has 0 aliphatic carbocycles. The van der Waals surface area contributed by atoms with Gasteiger partial charge >= 0.3 is 0 Å². The summed E-state index contributed by atoms with van der Waals surface area (Å²) < 4.78 is 7.21. The molecule has 1 unspecified atom stereocenters. The Balaban J connectivity index is 1.74. The van der Waals surface area contributed by atoms with Crippen molar-refractivity contribution in [3.63, 3.8) is 0 Å². The van der Waals surface area contributed by atoms with Crippen molar-refractivity contribution in [3.05, 3.63) is 17.5 Å². The van der Waals surface area contributed by atoms with Crippen LogP contribution in [0, 0.1) is 0 Å². The van der Waals surface area contributed by atoms with Crippen molar-refractivity contribution in [3.8, 4) is 0 Å². The third-order valence-electron chi connectivity index (χ3n) is 6.27. The van der Waals surface area contributed by atoms with Crippen LogP contribution in [0.2, 0.25) is 0 Å². The van der Waals surface area contributed by atoms with Crippen molar-refractivity contribution in [2.24, 2.45) is 0 Å². The molecule has 5 heterocycles. The lowest BCUT2D eigenvalue weighted by atomic mass is 9.90. The van der Waals surface area contributed by atoms with Gasteiger partial charge in [0.1, 0.15) is 22.8 Å². The van der Waals surface area contributed by atoms with E-state index in [9.17, 15) is 5.11 Å². The summed E-state index contributed by atoms with van der Waals surface area (Å²) in [6.07, 6.45) is 5.71. The molecule has 1 fully saturated rings. The summed E-state index contributed by atoms with van der Waals surface area (Å²) in [5.41, 5.74) is 3.28. The van der Waals surface area contributed by atoms with Crippen molar-refractivity contribution in [1.29, 1.82) is 0 Å². The van der Waals surface area contributed by atoms with E-state index < -0.39 is 0 Å². The van der Waals surface area contributed by atoms with Crippen LogP contribution in [0.25, 0.3) is 20.4 Å². The van der Waals surface area contributed by atoms with Gasteiger partial charge in [-0.25, -0.2) is 15.0 Å². The standard InChI is InChI=1S/C22H29N5O2S/c1-4-13(10-28)25-19-18-17(23-12-24-19)16-14-9-22(2,3)29-11-15(14)20(26-21(16)30-18)27-7-5-6-8-27/h12-13,28H,4-11H2,1-3H3,(H,23,24,25). The highest BCUT2D eigenvalue weighted by molar-refractivity contribution is 7.26. The van der Waals surface area contributed by atoms with Gasteiger partial charge in [-0.1, -0.05) is 6.92 Å². The monoisotopic (exact) mass is 427 g/mol. The molecule has 1 saturated heterocycles. The molecule has 2 aliphatic heterocycles. The van der Waals surface area contributed by atoms with Crippen LogP contribution in [-0.2, 0) is 17.8 Å². The number of pyridine rings is 1.